The monoisotopic (exact) mass is 312 g/mol. The van der Waals surface area contributed by atoms with Gasteiger partial charge in [-0.25, -0.2) is 0 Å². The van der Waals surface area contributed by atoms with Gasteiger partial charge in [-0.05, 0) is 25.7 Å². The molecule has 1 N–H and O–H groups in total. The summed E-state index contributed by atoms with van der Waals surface area (Å²) in [7, 11) is 1.72. The highest BCUT2D eigenvalue weighted by molar-refractivity contribution is 5.77. The van der Waals surface area contributed by atoms with E-state index < -0.39 is 5.60 Å². The largest absolute Gasteiger partial charge is 0.389 e. The lowest BCUT2D eigenvalue weighted by Gasteiger charge is -2.47. The molecule has 22 heavy (non-hydrogen) atoms. The molecular weight excluding hydrogens is 284 g/mol. The molecule has 0 aromatic heterocycles. The van der Waals surface area contributed by atoms with Crippen LogP contribution in [0.1, 0.15) is 32.1 Å². The molecule has 0 aromatic carbocycles. The molecule has 1 saturated carbocycles. The van der Waals surface area contributed by atoms with E-state index in [9.17, 15) is 9.90 Å². The Morgan fingerprint density at radius 3 is 2.91 bits per heavy atom. The summed E-state index contributed by atoms with van der Waals surface area (Å²) in [6.45, 7) is 4.70. The van der Waals surface area contributed by atoms with E-state index in [1.165, 1.54) is 0 Å². The van der Waals surface area contributed by atoms with Crippen molar-refractivity contribution >= 4 is 5.91 Å². The summed E-state index contributed by atoms with van der Waals surface area (Å²) < 4.78 is 11.1. The molecule has 0 radical (unpaired) electrons. The second-order valence-corrected chi connectivity index (χ2v) is 6.89. The first-order chi connectivity index (χ1) is 10.6. The van der Waals surface area contributed by atoms with E-state index in [2.05, 4.69) is 4.90 Å². The van der Waals surface area contributed by atoms with Crippen molar-refractivity contribution in [2.75, 3.05) is 46.5 Å². The molecule has 2 aliphatic heterocycles. The Kier molecular flexibility index (Phi) is 5.02. The minimum Gasteiger partial charge on any atom is -0.389 e. The molecule has 2 atom stereocenters. The van der Waals surface area contributed by atoms with Crippen LogP contribution in [0.3, 0.4) is 0 Å². The predicted molar refractivity (Wildman–Crippen MR) is 81.6 cm³/mol. The number of carbonyl (C=O) groups excluding carboxylic acids is 1. The van der Waals surface area contributed by atoms with Gasteiger partial charge in [0.25, 0.3) is 0 Å². The van der Waals surface area contributed by atoms with Gasteiger partial charge < -0.3 is 19.5 Å². The molecule has 0 spiro atoms. The summed E-state index contributed by atoms with van der Waals surface area (Å²) >= 11 is 0. The molecule has 3 fully saturated rings. The van der Waals surface area contributed by atoms with Crippen molar-refractivity contribution in [3.8, 4) is 0 Å². The van der Waals surface area contributed by atoms with Crippen molar-refractivity contribution in [1.82, 2.24) is 9.80 Å². The second kappa shape index (κ2) is 6.83. The average molecular weight is 312 g/mol. The fourth-order valence-electron chi connectivity index (χ4n) is 3.81. The summed E-state index contributed by atoms with van der Waals surface area (Å²) in [6, 6.07) is 0.262. The Bertz CT molecular complexity index is 400. The lowest BCUT2D eigenvalue weighted by Crippen LogP contribution is -2.61. The zero-order valence-corrected chi connectivity index (χ0v) is 13.5. The molecule has 126 valence electrons. The van der Waals surface area contributed by atoms with E-state index in [4.69, 9.17) is 9.47 Å². The van der Waals surface area contributed by atoms with Gasteiger partial charge in [-0.2, -0.15) is 0 Å². The number of methoxy groups -OCH3 is 1. The van der Waals surface area contributed by atoms with E-state index in [-0.39, 0.29) is 24.5 Å². The van der Waals surface area contributed by atoms with Gasteiger partial charge in [-0.3, -0.25) is 9.69 Å². The Hall–Kier alpha value is -0.690. The van der Waals surface area contributed by atoms with Gasteiger partial charge in [0.2, 0.25) is 5.91 Å². The van der Waals surface area contributed by atoms with Gasteiger partial charge in [0.15, 0.2) is 0 Å². The molecule has 2 saturated heterocycles. The van der Waals surface area contributed by atoms with Gasteiger partial charge in [-0.15, -0.1) is 0 Å². The Morgan fingerprint density at radius 1 is 1.41 bits per heavy atom. The first kappa shape index (κ1) is 16.2. The molecule has 3 rings (SSSR count). The summed E-state index contributed by atoms with van der Waals surface area (Å²) in [5, 5.41) is 10.2. The maximum atomic E-state index is 12.5. The average Bonchev–Trinajstić information content (AvgIpc) is 2.50. The molecule has 1 amide bonds. The number of piperidine rings is 1. The van der Waals surface area contributed by atoms with Crippen LogP contribution in [0.15, 0.2) is 0 Å². The smallest absolute Gasteiger partial charge is 0.225 e. The number of hydrogen-bond donors (Lipinski definition) is 1. The number of nitrogens with zero attached hydrogens (tertiary/aromatic N) is 2. The standard InChI is InChI=1S/C16H28N2O4/c1-21-9-7-17-8-10-22-14-3-6-18(12-13(14)17)15(19)11-16(20)4-2-5-16/h13-14,20H,2-12H2,1H3/t13-,14-/m0/s1. The molecule has 0 unspecified atom stereocenters. The molecular formula is C16H28N2O4. The van der Waals surface area contributed by atoms with Crippen molar-refractivity contribution < 1.29 is 19.4 Å². The molecule has 2 heterocycles. The number of likely N-dealkylation sites (tertiary alicyclic amines) is 1. The first-order valence-corrected chi connectivity index (χ1v) is 8.46. The zero-order chi connectivity index (χ0) is 15.6. The van der Waals surface area contributed by atoms with E-state index in [0.717, 1.165) is 51.9 Å². The van der Waals surface area contributed by atoms with Gasteiger partial charge >= 0.3 is 0 Å². The number of morpholine rings is 1. The fraction of sp³-hybridized carbons (Fsp3) is 0.938. The van der Waals surface area contributed by atoms with Crippen LogP contribution in [0.5, 0.6) is 0 Å². The third-order valence-corrected chi connectivity index (χ3v) is 5.40. The van der Waals surface area contributed by atoms with Crippen molar-refractivity contribution in [2.24, 2.45) is 0 Å². The second-order valence-electron chi connectivity index (χ2n) is 6.89. The van der Waals surface area contributed by atoms with Gasteiger partial charge in [0.1, 0.15) is 0 Å². The van der Waals surface area contributed by atoms with Gasteiger partial charge in [-0.1, -0.05) is 0 Å². The van der Waals surface area contributed by atoms with Crippen LogP contribution in [0.4, 0.5) is 0 Å². The number of ether oxygens (including phenoxy) is 2. The third-order valence-electron chi connectivity index (χ3n) is 5.40. The van der Waals surface area contributed by atoms with Crippen LogP contribution >= 0.6 is 0 Å². The maximum absolute atomic E-state index is 12.5. The third kappa shape index (κ3) is 3.45. The summed E-state index contributed by atoms with van der Waals surface area (Å²) in [5.74, 6) is 0.0953. The molecule has 0 bridgehead atoms. The summed E-state index contributed by atoms with van der Waals surface area (Å²) in [5.41, 5.74) is -0.729. The lowest BCUT2D eigenvalue weighted by molar-refractivity contribution is -0.151. The van der Waals surface area contributed by atoms with Crippen LogP contribution in [0.2, 0.25) is 0 Å². The van der Waals surface area contributed by atoms with Crippen molar-refractivity contribution in [3.05, 3.63) is 0 Å². The fourth-order valence-corrected chi connectivity index (χ4v) is 3.81. The quantitative estimate of drug-likeness (QED) is 0.788. The molecule has 6 nitrogen and oxygen atoms in total. The Labute approximate surface area is 132 Å². The Balaban J connectivity index is 1.57. The highest BCUT2D eigenvalue weighted by Gasteiger charge is 2.41. The number of fused-ring (bicyclic) bond motifs is 1. The number of hydrogen-bond acceptors (Lipinski definition) is 5. The zero-order valence-electron chi connectivity index (χ0n) is 13.5. The SMILES string of the molecule is COCCN1CCO[C@H]2CCN(C(=O)CC3(O)CCC3)C[C@@H]21. The van der Waals surface area contributed by atoms with E-state index in [1.54, 1.807) is 7.11 Å². The molecule has 3 aliphatic rings. The Morgan fingerprint density at radius 2 is 2.23 bits per heavy atom. The number of carbonyl (C=O) groups is 1. The minimum atomic E-state index is -0.729. The highest BCUT2D eigenvalue weighted by Crippen LogP contribution is 2.35. The minimum absolute atomic E-state index is 0.0953. The van der Waals surface area contributed by atoms with Gasteiger partial charge in [0.05, 0.1) is 37.4 Å². The van der Waals surface area contributed by atoms with E-state index in [1.807, 2.05) is 4.90 Å². The molecule has 6 heteroatoms. The number of rotatable bonds is 5. The molecule has 1 aliphatic carbocycles. The lowest BCUT2D eigenvalue weighted by atomic mass is 9.77. The maximum Gasteiger partial charge on any atom is 0.225 e. The van der Waals surface area contributed by atoms with Crippen LogP contribution in [0, 0.1) is 0 Å². The van der Waals surface area contributed by atoms with Crippen LogP contribution < -0.4 is 0 Å². The van der Waals surface area contributed by atoms with E-state index >= 15 is 0 Å². The van der Waals surface area contributed by atoms with Crippen molar-refractivity contribution in [1.29, 1.82) is 0 Å². The predicted octanol–water partition coefficient (Wildman–Crippen LogP) is 0.240. The summed E-state index contributed by atoms with van der Waals surface area (Å²) in [6.07, 6.45) is 3.96. The first-order valence-electron chi connectivity index (χ1n) is 8.46. The summed E-state index contributed by atoms with van der Waals surface area (Å²) in [4.78, 5) is 16.8. The van der Waals surface area contributed by atoms with Crippen molar-refractivity contribution in [2.45, 2.75) is 49.9 Å². The number of amides is 1. The van der Waals surface area contributed by atoms with Crippen LogP contribution in [-0.4, -0.2) is 85.1 Å². The van der Waals surface area contributed by atoms with Crippen LogP contribution in [-0.2, 0) is 14.3 Å². The van der Waals surface area contributed by atoms with E-state index in [0.29, 0.717) is 13.2 Å². The number of aliphatic hydroxyl groups is 1. The van der Waals surface area contributed by atoms with Crippen molar-refractivity contribution in [3.63, 3.8) is 0 Å². The highest BCUT2D eigenvalue weighted by atomic mass is 16.5. The van der Waals surface area contributed by atoms with Gasteiger partial charge in [0, 0.05) is 33.3 Å². The topological polar surface area (TPSA) is 62.2 Å². The van der Waals surface area contributed by atoms with Crippen LogP contribution in [0.25, 0.3) is 0 Å². The normalized spacial score (nSPS) is 31.5. The molecule has 0 aromatic rings.